The molecule has 1 aromatic carbocycles. The summed E-state index contributed by atoms with van der Waals surface area (Å²) < 4.78 is 1.92. The molecule has 6 rings (SSSR count). The Labute approximate surface area is 193 Å². The molecule has 6 nitrogen and oxygen atoms in total. The van der Waals surface area contributed by atoms with Crippen LogP contribution in [0.3, 0.4) is 0 Å². The van der Waals surface area contributed by atoms with E-state index in [1.54, 1.807) is 12.4 Å². The van der Waals surface area contributed by atoms with Crippen molar-refractivity contribution in [3.05, 3.63) is 84.8 Å². The van der Waals surface area contributed by atoms with Crippen LogP contribution >= 0.6 is 0 Å². The first kappa shape index (κ1) is 20.1. The molecule has 1 saturated carbocycles. The minimum atomic E-state index is 0.0303. The third-order valence-corrected chi connectivity index (χ3v) is 7.44. The second-order valence-corrected chi connectivity index (χ2v) is 9.19. The van der Waals surface area contributed by atoms with Crippen molar-refractivity contribution in [2.75, 3.05) is 6.54 Å². The van der Waals surface area contributed by atoms with E-state index in [0.717, 1.165) is 36.2 Å². The number of carbonyl (C=O) groups excluding carboxylic acids is 1. The zero-order valence-electron chi connectivity index (χ0n) is 18.5. The summed E-state index contributed by atoms with van der Waals surface area (Å²) in [5, 5.41) is 0. The second-order valence-electron chi connectivity index (χ2n) is 9.19. The standard InChI is InChI=1S/C27H27N5O/c33-27(26-30-25(20-16-28-18-29-17-20)24-12-6-7-14-31(24)26)32-15-13-21(19-8-2-1-3-9-19)22-10-4-5-11-23(22)32/h1-3,6-9,12,14,16-18,21-23H,4-5,10-11,13,15H2. The van der Waals surface area contributed by atoms with E-state index >= 15 is 0 Å². The minimum absolute atomic E-state index is 0.0303. The number of carbonyl (C=O) groups is 1. The molecule has 6 heteroatoms. The zero-order chi connectivity index (χ0) is 22.2. The van der Waals surface area contributed by atoms with Gasteiger partial charge in [-0.15, -0.1) is 0 Å². The van der Waals surface area contributed by atoms with Gasteiger partial charge in [-0.1, -0.05) is 49.2 Å². The molecule has 1 aliphatic heterocycles. The van der Waals surface area contributed by atoms with Crippen LogP contribution < -0.4 is 0 Å². The van der Waals surface area contributed by atoms with E-state index in [-0.39, 0.29) is 11.9 Å². The Morgan fingerprint density at radius 2 is 1.70 bits per heavy atom. The van der Waals surface area contributed by atoms with Gasteiger partial charge in [0.1, 0.15) is 12.0 Å². The number of pyridine rings is 1. The van der Waals surface area contributed by atoms with Crippen molar-refractivity contribution in [2.45, 2.75) is 44.1 Å². The van der Waals surface area contributed by atoms with Crippen molar-refractivity contribution < 1.29 is 4.79 Å². The molecule has 166 valence electrons. The van der Waals surface area contributed by atoms with Gasteiger partial charge >= 0.3 is 0 Å². The van der Waals surface area contributed by atoms with Crippen molar-refractivity contribution in [3.63, 3.8) is 0 Å². The average molecular weight is 438 g/mol. The predicted molar refractivity (Wildman–Crippen MR) is 127 cm³/mol. The van der Waals surface area contributed by atoms with Crippen LogP contribution in [0.15, 0.2) is 73.4 Å². The van der Waals surface area contributed by atoms with Gasteiger partial charge in [0.25, 0.3) is 5.91 Å². The first-order chi connectivity index (χ1) is 16.3. The molecule has 0 spiro atoms. The lowest BCUT2D eigenvalue weighted by Gasteiger charge is -2.48. The molecule has 4 aromatic rings. The van der Waals surface area contributed by atoms with Crippen LogP contribution in [0.1, 0.15) is 54.2 Å². The normalized spacial score (nSPS) is 22.8. The fourth-order valence-electron chi connectivity index (χ4n) is 5.97. The fourth-order valence-corrected chi connectivity index (χ4v) is 5.97. The highest BCUT2D eigenvalue weighted by atomic mass is 16.2. The topological polar surface area (TPSA) is 63.4 Å². The summed E-state index contributed by atoms with van der Waals surface area (Å²) in [4.78, 5) is 29.2. The van der Waals surface area contributed by atoms with Crippen molar-refractivity contribution in [3.8, 4) is 11.3 Å². The summed E-state index contributed by atoms with van der Waals surface area (Å²) in [5.74, 6) is 1.54. The Morgan fingerprint density at radius 3 is 2.55 bits per heavy atom. The first-order valence-corrected chi connectivity index (χ1v) is 11.9. The lowest BCUT2D eigenvalue weighted by atomic mass is 9.69. The van der Waals surface area contributed by atoms with Gasteiger partial charge in [0.15, 0.2) is 0 Å². The number of hydrogen-bond donors (Lipinski definition) is 0. The van der Waals surface area contributed by atoms with Gasteiger partial charge in [0, 0.05) is 36.7 Å². The average Bonchev–Trinajstić information content (AvgIpc) is 3.28. The molecule has 2 fully saturated rings. The van der Waals surface area contributed by atoms with Crippen molar-refractivity contribution >= 4 is 11.4 Å². The third kappa shape index (κ3) is 3.50. The summed E-state index contributed by atoms with van der Waals surface area (Å²) in [6.07, 6.45) is 12.6. The Morgan fingerprint density at radius 1 is 0.909 bits per heavy atom. The van der Waals surface area contributed by atoms with Crippen LogP contribution in [0.25, 0.3) is 16.8 Å². The van der Waals surface area contributed by atoms with Crippen LogP contribution in [0, 0.1) is 5.92 Å². The van der Waals surface area contributed by atoms with Gasteiger partial charge in [0.05, 0.1) is 5.52 Å². The van der Waals surface area contributed by atoms with E-state index in [2.05, 4.69) is 45.2 Å². The number of hydrogen-bond acceptors (Lipinski definition) is 4. The van der Waals surface area contributed by atoms with Crippen LogP contribution in [-0.4, -0.2) is 42.7 Å². The Balaban J connectivity index is 1.37. The highest BCUT2D eigenvalue weighted by Gasteiger charge is 2.42. The highest BCUT2D eigenvalue weighted by molar-refractivity contribution is 5.94. The van der Waals surface area contributed by atoms with E-state index in [4.69, 9.17) is 4.98 Å². The molecule has 3 aromatic heterocycles. The molecule has 2 aliphatic rings. The molecule has 0 N–H and O–H groups in total. The molecule has 33 heavy (non-hydrogen) atoms. The van der Waals surface area contributed by atoms with Crippen LogP contribution in [-0.2, 0) is 0 Å². The number of benzene rings is 1. The van der Waals surface area contributed by atoms with Gasteiger partial charge in [-0.3, -0.25) is 9.20 Å². The van der Waals surface area contributed by atoms with Gasteiger partial charge in [-0.05, 0) is 48.8 Å². The predicted octanol–water partition coefficient (Wildman–Crippen LogP) is 4.98. The lowest BCUT2D eigenvalue weighted by Crippen LogP contribution is -2.52. The SMILES string of the molecule is O=C(c1nc(-c2cncnc2)c2ccccn12)N1CCC(c2ccccc2)C2CCCCC21. The molecule has 1 aliphatic carbocycles. The summed E-state index contributed by atoms with van der Waals surface area (Å²) in [7, 11) is 0. The Hall–Kier alpha value is -3.54. The van der Waals surface area contributed by atoms with E-state index in [0.29, 0.717) is 17.7 Å². The molecular weight excluding hydrogens is 410 g/mol. The molecule has 4 heterocycles. The van der Waals surface area contributed by atoms with Gasteiger partial charge in [-0.2, -0.15) is 0 Å². The van der Waals surface area contributed by atoms with Crippen molar-refractivity contribution in [1.82, 2.24) is 24.3 Å². The number of amides is 1. The highest BCUT2D eigenvalue weighted by Crippen LogP contribution is 2.44. The second kappa shape index (κ2) is 8.43. The number of rotatable bonds is 3. The monoisotopic (exact) mass is 437 g/mol. The van der Waals surface area contributed by atoms with Gasteiger partial charge in [-0.25, -0.2) is 15.0 Å². The smallest absolute Gasteiger partial charge is 0.290 e. The van der Waals surface area contributed by atoms with Crippen LogP contribution in [0.2, 0.25) is 0 Å². The summed E-state index contributed by atoms with van der Waals surface area (Å²) in [6.45, 7) is 0.769. The zero-order valence-corrected chi connectivity index (χ0v) is 18.5. The summed E-state index contributed by atoms with van der Waals surface area (Å²) >= 11 is 0. The maximum absolute atomic E-state index is 14.0. The van der Waals surface area contributed by atoms with Crippen LogP contribution in [0.4, 0.5) is 0 Å². The summed E-state index contributed by atoms with van der Waals surface area (Å²) in [5.41, 5.74) is 3.88. The number of nitrogens with zero attached hydrogens (tertiary/aromatic N) is 5. The molecule has 1 saturated heterocycles. The molecule has 3 unspecified atom stereocenters. The van der Waals surface area contributed by atoms with Gasteiger partial charge in [0.2, 0.25) is 5.82 Å². The third-order valence-electron chi connectivity index (χ3n) is 7.44. The number of likely N-dealkylation sites (tertiary alicyclic amines) is 1. The van der Waals surface area contributed by atoms with Crippen molar-refractivity contribution in [1.29, 1.82) is 0 Å². The summed E-state index contributed by atoms with van der Waals surface area (Å²) in [6, 6.07) is 17.0. The number of piperidine rings is 1. The lowest BCUT2D eigenvalue weighted by molar-refractivity contribution is 0.0308. The molecule has 3 atom stereocenters. The van der Waals surface area contributed by atoms with E-state index in [9.17, 15) is 4.79 Å². The minimum Gasteiger partial charge on any atom is -0.333 e. The molecule has 1 amide bonds. The van der Waals surface area contributed by atoms with Gasteiger partial charge < -0.3 is 4.90 Å². The van der Waals surface area contributed by atoms with E-state index in [1.165, 1.54) is 31.2 Å². The van der Waals surface area contributed by atoms with E-state index < -0.39 is 0 Å². The quantitative estimate of drug-likeness (QED) is 0.453. The maximum Gasteiger partial charge on any atom is 0.290 e. The number of fused-ring (bicyclic) bond motifs is 2. The van der Waals surface area contributed by atoms with E-state index in [1.807, 2.05) is 28.8 Å². The fraction of sp³-hybridized carbons (Fsp3) is 0.333. The van der Waals surface area contributed by atoms with Crippen molar-refractivity contribution in [2.24, 2.45) is 5.92 Å². The Kier molecular flexibility index (Phi) is 5.13. The first-order valence-electron chi connectivity index (χ1n) is 11.9. The molecule has 0 bridgehead atoms. The molecular formula is C27H27N5O. The van der Waals surface area contributed by atoms with Crippen LogP contribution in [0.5, 0.6) is 0 Å². The number of imidazole rings is 1. The number of aromatic nitrogens is 4. The molecule has 0 radical (unpaired) electrons. The largest absolute Gasteiger partial charge is 0.333 e. The Bertz CT molecular complexity index is 1270. The maximum atomic E-state index is 14.0.